The second kappa shape index (κ2) is 7.88. The first-order chi connectivity index (χ1) is 13.2. The molecule has 1 aromatic carbocycles. The lowest BCUT2D eigenvalue weighted by molar-refractivity contribution is 0.0995. The summed E-state index contributed by atoms with van der Waals surface area (Å²) in [6.07, 6.45) is 7.83. The first-order valence-electron chi connectivity index (χ1n) is 9.57. The maximum atomic E-state index is 11.3. The van der Waals surface area contributed by atoms with Gasteiger partial charge in [-0.3, -0.25) is 9.69 Å². The molecule has 6 nitrogen and oxygen atoms in total. The Balaban J connectivity index is 1.38. The molecular formula is C21H25N5O. The summed E-state index contributed by atoms with van der Waals surface area (Å²) in [5.74, 6) is 0.0818. The van der Waals surface area contributed by atoms with Crippen molar-refractivity contribution in [2.24, 2.45) is 11.7 Å². The maximum Gasteiger partial charge on any atom is 0.267 e. The number of fused-ring (bicyclic) bond motifs is 1. The summed E-state index contributed by atoms with van der Waals surface area (Å²) in [6.45, 7) is 3.19. The molecule has 0 spiro atoms. The first kappa shape index (κ1) is 17.7. The number of hydrogen-bond acceptors (Lipinski definition) is 4. The molecule has 1 aliphatic rings. The molecule has 1 amide bonds. The summed E-state index contributed by atoms with van der Waals surface area (Å²) in [5, 5.41) is 1.32. The number of primary amides is 1. The summed E-state index contributed by atoms with van der Waals surface area (Å²) in [5.41, 5.74) is 9.12. The highest BCUT2D eigenvalue weighted by atomic mass is 16.1. The molecule has 0 unspecified atom stereocenters. The molecule has 1 fully saturated rings. The van der Waals surface area contributed by atoms with Gasteiger partial charge in [0.15, 0.2) is 0 Å². The number of hydrogen-bond donors (Lipinski definition) is 2. The second-order valence-electron chi connectivity index (χ2n) is 7.39. The van der Waals surface area contributed by atoms with Crippen molar-refractivity contribution >= 4 is 16.8 Å². The number of nitrogens with zero attached hydrogens (tertiary/aromatic N) is 3. The topological polar surface area (TPSA) is 87.9 Å². The standard InChI is InChI=1S/C21H25N5O/c22-21(27)20-12-17(24-14-25-20)11-15-3-2-9-26(10-7-15)13-16-4-1-5-19-18(16)6-8-23-19/h1,4-6,8,12,14-15,23H,2-3,7,9-11,13H2,(H2,22,27)/t15-/m1/s1. The normalized spacial score (nSPS) is 18.4. The number of aromatic nitrogens is 3. The zero-order valence-corrected chi connectivity index (χ0v) is 15.4. The van der Waals surface area contributed by atoms with Crippen LogP contribution in [-0.2, 0) is 13.0 Å². The van der Waals surface area contributed by atoms with Crippen LogP contribution in [0.4, 0.5) is 0 Å². The van der Waals surface area contributed by atoms with Crippen molar-refractivity contribution in [1.29, 1.82) is 0 Å². The fourth-order valence-corrected chi connectivity index (χ4v) is 4.06. The highest BCUT2D eigenvalue weighted by molar-refractivity contribution is 5.90. The van der Waals surface area contributed by atoms with Gasteiger partial charge in [-0.15, -0.1) is 0 Å². The molecule has 140 valence electrons. The lowest BCUT2D eigenvalue weighted by Crippen LogP contribution is -2.24. The number of benzene rings is 1. The van der Waals surface area contributed by atoms with Crippen LogP contribution in [0.15, 0.2) is 42.9 Å². The zero-order valence-electron chi connectivity index (χ0n) is 15.4. The molecule has 3 heterocycles. The minimum absolute atomic E-state index is 0.301. The summed E-state index contributed by atoms with van der Waals surface area (Å²) in [4.78, 5) is 25.4. The summed E-state index contributed by atoms with van der Waals surface area (Å²) in [6, 6.07) is 10.4. The highest BCUT2D eigenvalue weighted by Gasteiger charge is 2.19. The Morgan fingerprint density at radius 3 is 3.04 bits per heavy atom. The second-order valence-corrected chi connectivity index (χ2v) is 7.39. The van der Waals surface area contributed by atoms with Crippen LogP contribution in [0.1, 0.15) is 41.0 Å². The van der Waals surface area contributed by atoms with E-state index < -0.39 is 5.91 Å². The Bertz CT molecular complexity index is 935. The van der Waals surface area contributed by atoms with Crippen LogP contribution < -0.4 is 5.73 Å². The van der Waals surface area contributed by atoms with E-state index in [-0.39, 0.29) is 0 Å². The number of nitrogens with one attached hydrogen (secondary N) is 1. The quantitative estimate of drug-likeness (QED) is 0.729. The van der Waals surface area contributed by atoms with Gasteiger partial charge in [0.05, 0.1) is 0 Å². The number of nitrogens with two attached hydrogens (primary N) is 1. The highest BCUT2D eigenvalue weighted by Crippen LogP contribution is 2.24. The Morgan fingerprint density at radius 1 is 1.22 bits per heavy atom. The summed E-state index contributed by atoms with van der Waals surface area (Å²) >= 11 is 0. The SMILES string of the molecule is NC(=O)c1cc(C[C@@H]2CCCN(Cc3cccc4[nH]ccc34)CC2)ncn1. The lowest BCUT2D eigenvalue weighted by atomic mass is 9.95. The molecule has 3 N–H and O–H groups in total. The van der Waals surface area contributed by atoms with Crippen molar-refractivity contribution in [2.75, 3.05) is 13.1 Å². The van der Waals surface area contributed by atoms with E-state index in [1.807, 2.05) is 6.20 Å². The number of likely N-dealkylation sites (tertiary alicyclic amines) is 1. The Labute approximate surface area is 158 Å². The number of carbonyl (C=O) groups is 1. The lowest BCUT2D eigenvalue weighted by Gasteiger charge is -2.20. The Morgan fingerprint density at radius 2 is 2.15 bits per heavy atom. The smallest absolute Gasteiger partial charge is 0.267 e. The third-order valence-corrected chi connectivity index (χ3v) is 5.49. The van der Waals surface area contributed by atoms with Crippen molar-refractivity contribution in [1.82, 2.24) is 19.9 Å². The van der Waals surface area contributed by atoms with Gasteiger partial charge >= 0.3 is 0 Å². The number of amides is 1. The predicted octanol–water partition coefficient (Wildman–Crippen LogP) is 2.90. The van der Waals surface area contributed by atoms with Gasteiger partial charge in [0, 0.05) is 29.3 Å². The molecule has 2 aromatic heterocycles. The van der Waals surface area contributed by atoms with Crippen molar-refractivity contribution in [3.63, 3.8) is 0 Å². The monoisotopic (exact) mass is 363 g/mol. The molecule has 0 bridgehead atoms. The molecule has 6 heteroatoms. The van der Waals surface area contributed by atoms with Crippen molar-refractivity contribution in [2.45, 2.75) is 32.2 Å². The van der Waals surface area contributed by atoms with Gasteiger partial charge in [-0.25, -0.2) is 9.97 Å². The van der Waals surface area contributed by atoms with Crippen LogP contribution in [0, 0.1) is 5.92 Å². The van der Waals surface area contributed by atoms with Crippen molar-refractivity contribution in [3.8, 4) is 0 Å². The van der Waals surface area contributed by atoms with Crippen LogP contribution in [-0.4, -0.2) is 38.8 Å². The van der Waals surface area contributed by atoms with Crippen molar-refractivity contribution < 1.29 is 4.79 Å². The van der Waals surface area contributed by atoms with E-state index in [1.165, 1.54) is 35.6 Å². The average molecular weight is 363 g/mol. The van der Waals surface area contributed by atoms with Crippen molar-refractivity contribution in [3.05, 3.63) is 59.8 Å². The van der Waals surface area contributed by atoms with Gasteiger partial charge in [-0.05, 0) is 68.5 Å². The maximum absolute atomic E-state index is 11.3. The molecular weight excluding hydrogens is 338 g/mol. The minimum Gasteiger partial charge on any atom is -0.364 e. The van der Waals surface area contributed by atoms with E-state index >= 15 is 0 Å². The predicted molar refractivity (Wildman–Crippen MR) is 105 cm³/mol. The number of rotatable bonds is 5. The Kier molecular flexibility index (Phi) is 5.16. The number of aromatic amines is 1. The third kappa shape index (κ3) is 4.17. The number of carbonyl (C=O) groups excluding carboxylic acids is 1. The van der Waals surface area contributed by atoms with E-state index in [0.29, 0.717) is 11.6 Å². The van der Waals surface area contributed by atoms with Gasteiger partial charge in [-0.2, -0.15) is 0 Å². The van der Waals surface area contributed by atoms with E-state index in [9.17, 15) is 4.79 Å². The zero-order chi connectivity index (χ0) is 18.6. The molecule has 3 aromatic rings. The van der Waals surface area contributed by atoms with Gasteiger partial charge < -0.3 is 10.7 Å². The van der Waals surface area contributed by atoms with Gasteiger partial charge in [0.2, 0.25) is 0 Å². The number of H-pyrrole nitrogens is 1. The molecule has 1 aliphatic heterocycles. The molecule has 1 saturated heterocycles. The molecule has 4 rings (SSSR count). The largest absolute Gasteiger partial charge is 0.364 e. The van der Waals surface area contributed by atoms with Gasteiger partial charge in [0.25, 0.3) is 5.91 Å². The van der Waals surface area contributed by atoms with E-state index in [1.54, 1.807) is 6.07 Å². The summed E-state index contributed by atoms with van der Waals surface area (Å²) < 4.78 is 0. The van der Waals surface area contributed by atoms with E-state index in [2.05, 4.69) is 44.1 Å². The third-order valence-electron chi connectivity index (χ3n) is 5.49. The van der Waals surface area contributed by atoms with Crippen LogP contribution in [0.5, 0.6) is 0 Å². The van der Waals surface area contributed by atoms with Crippen LogP contribution in [0.2, 0.25) is 0 Å². The van der Waals surface area contributed by atoms with Crippen LogP contribution in [0.25, 0.3) is 10.9 Å². The fourth-order valence-electron chi connectivity index (χ4n) is 4.06. The van der Waals surface area contributed by atoms with E-state index in [4.69, 9.17) is 5.73 Å². The summed E-state index contributed by atoms with van der Waals surface area (Å²) in [7, 11) is 0. The molecule has 27 heavy (non-hydrogen) atoms. The average Bonchev–Trinajstić information content (AvgIpc) is 3.05. The fraction of sp³-hybridized carbons (Fsp3) is 0.381. The first-order valence-corrected chi connectivity index (χ1v) is 9.57. The Hall–Kier alpha value is -2.73. The molecule has 0 radical (unpaired) electrons. The van der Waals surface area contributed by atoms with Gasteiger partial charge in [0.1, 0.15) is 12.0 Å². The van der Waals surface area contributed by atoms with Gasteiger partial charge in [-0.1, -0.05) is 12.1 Å². The van der Waals surface area contributed by atoms with Crippen LogP contribution in [0.3, 0.4) is 0 Å². The molecule has 0 aliphatic carbocycles. The molecule has 0 saturated carbocycles. The molecule has 1 atom stereocenters. The van der Waals surface area contributed by atoms with E-state index in [0.717, 1.165) is 38.2 Å². The minimum atomic E-state index is -0.496. The van der Waals surface area contributed by atoms with Crippen LogP contribution >= 0.6 is 0 Å².